The lowest BCUT2D eigenvalue weighted by Gasteiger charge is -2.10. The molecule has 6 heteroatoms. The molecular formula is C19H24N4O2. The van der Waals surface area contributed by atoms with Crippen molar-refractivity contribution in [1.82, 2.24) is 0 Å². The van der Waals surface area contributed by atoms with E-state index in [1.807, 2.05) is 62.4 Å². The van der Waals surface area contributed by atoms with Crippen LogP contribution in [0.2, 0.25) is 0 Å². The van der Waals surface area contributed by atoms with E-state index in [4.69, 9.17) is 10.5 Å². The molecule has 0 aliphatic rings. The van der Waals surface area contributed by atoms with Crippen molar-refractivity contribution in [2.75, 3.05) is 17.7 Å². The van der Waals surface area contributed by atoms with E-state index >= 15 is 0 Å². The summed E-state index contributed by atoms with van der Waals surface area (Å²) in [5, 5.41) is 5.88. The number of para-hydroxylation sites is 2. The molecule has 2 aromatic rings. The van der Waals surface area contributed by atoms with Gasteiger partial charge in [-0.15, -0.1) is 0 Å². The van der Waals surface area contributed by atoms with Crippen LogP contribution in [0.4, 0.5) is 11.4 Å². The number of aliphatic imine (C=N–C) groups is 1. The van der Waals surface area contributed by atoms with Crippen molar-refractivity contribution in [2.24, 2.45) is 16.6 Å². The number of hydrogen-bond donors (Lipinski definition) is 3. The maximum absolute atomic E-state index is 11.7. The van der Waals surface area contributed by atoms with Gasteiger partial charge in [-0.3, -0.25) is 4.79 Å². The van der Waals surface area contributed by atoms with Crippen LogP contribution in [0, 0.1) is 5.92 Å². The molecule has 1 amide bonds. The van der Waals surface area contributed by atoms with Gasteiger partial charge in [0.2, 0.25) is 5.91 Å². The molecule has 25 heavy (non-hydrogen) atoms. The Balaban J connectivity index is 1.95. The Labute approximate surface area is 148 Å². The third-order valence-corrected chi connectivity index (χ3v) is 3.55. The Morgan fingerprint density at radius 1 is 1.12 bits per heavy atom. The van der Waals surface area contributed by atoms with Gasteiger partial charge in [0, 0.05) is 11.6 Å². The first-order valence-electron chi connectivity index (χ1n) is 8.09. The maximum atomic E-state index is 11.7. The average molecular weight is 340 g/mol. The van der Waals surface area contributed by atoms with E-state index in [9.17, 15) is 4.79 Å². The summed E-state index contributed by atoms with van der Waals surface area (Å²) in [5.41, 5.74) is 8.46. The maximum Gasteiger partial charge on any atom is 0.226 e. The first-order chi connectivity index (χ1) is 12.0. The molecule has 2 rings (SSSR count). The highest BCUT2D eigenvalue weighted by Crippen LogP contribution is 2.22. The van der Waals surface area contributed by atoms with Gasteiger partial charge in [-0.1, -0.05) is 38.1 Å². The Morgan fingerprint density at radius 2 is 1.80 bits per heavy atom. The highest BCUT2D eigenvalue weighted by atomic mass is 16.5. The molecule has 0 aliphatic heterocycles. The Bertz CT molecular complexity index is 739. The van der Waals surface area contributed by atoms with Crippen LogP contribution in [-0.2, 0) is 11.3 Å². The quantitative estimate of drug-likeness (QED) is 0.556. The number of benzene rings is 2. The molecular weight excluding hydrogens is 316 g/mol. The SMILES string of the molecule is COc1ccccc1NC(N)=NCc1ccc(NC(=O)C(C)C)cc1. The molecule has 0 aliphatic carbocycles. The molecule has 0 saturated carbocycles. The second-order valence-corrected chi connectivity index (χ2v) is 5.87. The standard InChI is InChI=1S/C19H24N4O2/c1-13(2)18(24)22-15-10-8-14(9-11-15)12-21-19(20)23-16-6-4-5-7-17(16)25-3/h4-11,13H,12H2,1-3H3,(H,22,24)(H3,20,21,23). The van der Waals surface area contributed by atoms with Gasteiger partial charge < -0.3 is 21.1 Å². The molecule has 0 saturated heterocycles. The fraction of sp³-hybridized carbons (Fsp3) is 0.263. The molecule has 0 fully saturated rings. The molecule has 0 atom stereocenters. The predicted octanol–water partition coefficient (Wildman–Crippen LogP) is 3.22. The van der Waals surface area contributed by atoms with Crippen molar-refractivity contribution in [1.29, 1.82) is 0 Å². The lowest BCUT2D eigenvalue weighted by atomic mass is 10.2. The van der Waals surface area contributed by atoms with E-state index in [1.54, 1.807) is 7.11 Å². The smallest absolute Gasteiger partial charge is 0.226 e. The number of carbonyl (C=O) groups excluding carboxylic acids is 1. The number of guanidine groups is 1. The lowest BCUT2D eigenvalue weighted by molar-refractivity contribution is -0.118. The molecule has 0 radical (unpaired) electrons. The van der Waals surface area contributed by atoms with Crippen LogP contribution in [0.5, 0.6) is 5.75 Å². The fourth-order valence-electron chi connectivity index (χ4n) is 2.08. The van der Waals surface area contributed by atoms with E-state index < -0.39 is 0 Å². The van der Waals surface area contributed by atoms with Gasteiger partial charge in [0.05, 0.1) is 19.3 Å². The first kappa shape index (κ1) is 18.3. The summed E-state index contributed by atoms with van der Waals surface area (Å²) in [6.45, 7) is 4.15. The predicted molar refractivity (Wildman–Crippen MR) is 102 cm³/mol. The van der Waals surface area contributed by atoms with Crippen molar-refractivity contribution in [3.8, 4) is 5.75 Å². The molecule has 0 spiro atoms. The minimum atomic E-state index is -0.0508. The number of anilines is 2. The van der Waals surface area contributed by atoms with Crippen LogP contribution in [-0.4, -0.2) is 19.0 Å². The number of rotatable bonds is 6. The highest BCUT2D eigenvalue weighted by molar-refractivity contribution is 5.93. The number of methoxy groups -OCH3 is 1. The van der Waals surface area contributed by atoms with Gasteiger partial charge in [-0.25, -0.2) is 4.99 Å². The van der Waals surface area contributed by atoms with E-state index in [1.165, 1.54) is 0 Å². The number of carbonyl (C=O) groups is 1. The summed E-state index contributed by atoms with van der Waals surface area (Å²) in [6.07, 6.45) is 0. The number of hydrogen-bond acceptors (Lipinski definition) is 3. The lowest BCUT2D eigenvalue weighted by Crippen LogP contribution is -2.22. The van der Waals surface area contributed by atoms with Crippen molar-refractivity contribution >= 4 is 23.2 Å². The molecule has 0 bridgehead atoms. The van der Waals surface area contributed by atoms with Gasteiger partial charge in [-0.05, 0) is 29.8 Å². The van der Waals surface area contributed by atoms with Gasteiger partial charge in [0.15, 0.2) is 5.96 Å². The Morgan fingerprint density at radius 3 is 2.44 bits per heavy atom. The summed E-state index contributed by atoms with van der Waals surface area (Å²) in [4.78, 5) is 16.0. The normalized spacial score (nSPS) is 11.3. The van der Waals surface area contributed by atoms with E-state index in [-0.39, 0.29) is 11.8 Å². The largest absolute Gasteiger partial charge is 0.495 e. The minimum Gasteiger partial charge on any atom is -0.495 e. The van der Waals surface area contributed by atoms with E-state index in [0.717, 1.165) is 16.9 Å². The second kappa shape index (κ2) is 8.73. The summed E-state index contributed by atoms with van der Waals surface area (Å²) in [6, 6.07) is 15.0. The molecule has 132 valence electrons. The van der Waals surface area contributed by atoms with Crippen molar-refractivity contribution in [2.45, 2.75) is 20.4 Å². The van der Waals surface area contributed by atoms with Crippen LogP contribution in [0.1, 0.15) is 19.4 Å². The third kappa shape index (κ3) is 5.53. The van der Waals surface area contributed by atoms with E-state index in [0.29, 0.717) is 18.3 Å². The van der Waals surface area contributed by atoms with Crippen LogP contribution in [0.15, 0.2) is 53.5 Å². The molecule has 4 N–H and O–H groups in total. The second-order valence-electron chi connectivity index (χ2n) is 5.87. The average Bonchev–Trinajstić information content (AvgIpc) is 2.61. The summed E-state index contributed by atoms with van der Waals surface area (Å²) >= 11 is 0. The molecule has 0 aromatic heterocycles. The summed E-state index contributed by atoms with van der Waals surface area (Å²) < 4.78 is 5.26. The zero-order valence-corrected chi connectivity index (χ0v) is 14.7. The van der Waals surface area contributed by atoms with E-state index in [2.05, 4.69) is 15.6 Å². The third-order valence-electron chi connectivity index (χ3n) is 3.55. The number of amides is 1. The Kier molecular flexibility index (Phi) is 6.39. The van der Waals surface area contributed by atoms with Gasteiger partial charge in [0.25, 0.3) is 0 Å². The van der Waals surface area contributed by atoms with Crippen LogP contribution in [0.3, 0.4) is 0 Å². The number of nitrogens with zero attached hydrogens (tertiary/aromatic N) is 1. The number of nitrogens with two attached hydrogens (primary N) is 1. The zero-order valence-electron chi connectivity index (χ0n) is 14.7. The van der Waals surface area contributed by atoms with Gasteiger partial charge >= 0.3 is 0 Å². The van der Waals surface area contributed by atoms with Crippen molar-refractivity contribution in [3.63, 3.8) is 0 Å². The topological polar surface area (TPSA) is 88.7 Å². The fourth-order valence-corrected chi connectivity index (χ4v) is 2.08. The molecule has 2 aromatic carbocycles. The highest BCUT2D eigenvalue weighted by Gasteiger charge is 2.06. The number of nitrogens with one attached hydrogen (secondary N) is 2. The first-order valence-corrected chi connectivity index (χ1v) is 8.09. The van der Waals surface area contributed by atoms with Gasteiger partial charge in [0.1, 0.15) is 5.75 Å². The monoisotopic (exact) mass is 340 g/mol. The Hall–Kier alpha value is -3.02. The molecule has 0 unspecified atom stereocenters. The summed E-state index contributed by atoms with van der Waals surface area (Å²) in [7, 11) is 1.60. The zero-order chi connectivity index (χ0) is 18.2. The number of ether oxygens (including phenoxy) is 1. The van der Waals surface area contributed by atoms with Crippen molar-refractivity contribution < 1.29 is 9.53 Å². The molecule has 0 heterocycles. The van der Waals surface area contributed by atoms with Crippen LogP contribution < -0.4 is 21.1 Å². The van der Waals surface area contributed by atoms with Crippen LogP contribution in [0.25, 0.3) is 0 Å². The van der Waals surface area contributed by atoms with Crippen LogP contribution >= 0.6 is 0 Å². The minimum absolute atomic E-state index is 0.00368. The van der Waals surface area contributed by atoms with Gasteiger partial charge in [-0.2, -0.15) is 0 Å². The van der Waals surface area contributed by atoms with Crippen molar-refractivity contribution in [3.05, 3.63) is 54.1 Å². The molecule has 6 nitrogen and oxygen atoms in total. The summed E-state index contributed by atoms with van der Waals surface area (Å²) in [5.74, 6) is 0.953.